The highest BCUT2D eigenvalue weighted by molar-refractivity contribution is 5.90. The molecule has 5 heteroatoms. The summed E-state index contributed by atoms with van der Waals surface area (Å²) in [7, 11) is 1.61. The minimum absolute atomic E-state index is 0.0949. The summed E-state index contributed by atoms with van der Waals surface area (Å²) in [6.45, 7) is 3.17. The molecule has 1 N–H and O–H groups in total. The Morgan fingerprint density at radius 3 is 2.36 bits per heavy atom. The van der Waals surface area contributed by atoms with Crippen LogP contribution in [0.5, 0.6) is 11.5 Å². The minimum atomic E-state index is -0.473. The molecule has 0 saturated heterocycles. The lowest BCUT2D eigenvalue weighted by Crippen LogP contribution is -2.29. The van der Waals surface area contributed by atoms with Crippen LogP contribution in [0.1, 0.15) is 37.4 Å². The Kier molecular flexibility index (Phi) is 5.94. The van der Waals surface area contributed by atoms with Gasteiger partial charge in [-0.15, -0.1) is 0 Å². The van der Waals surface area contributed by atoms with Crippen molar-refractivity contribution in [2.45, 2.75) is 26.3 Å². The van der Waals surface area contributed by atoms with E-state index in [1.54, 1.807) is 20.1 Å². The molecule has 1 amide bonds. The van der Waals surface area contributed by atoms with Crippen LogP contribution in [0.15, 0.2) is 60.7 Å². The predicted octanol–water partition coefficient (Wildman–Crippen LogP) is 4.39. The van der Waals surface area contributed by atoms with Crippen LogP contribution in [0.2, 0.25) is 0 Å². The monoisotopic (exact) mass is 377 g/mol. The van der Waals surface area contributed by atoms with Crippen molar-refractivity contribution in [3.8, 4) is 11.5 Å². The van der Waals surface area contributed by atoms with Crippen molar-refractivity contribution >= 4 is 22.6 Å². The highest BCUT2D eigenvalue weighted by Gasteiger charge is 2.23. The van der Waals surface area contributed by atoms with E-state index in [2.05, 4.69) is 5.32 Å². The molecule has 0 aliphatic heterocycles. The topological polar surface area (TPSA) is 64.6 Å². The van der Waals surface area contributed by atoms with Crippen LogP contribution in [0.3, 0.4) is 0 Å². The molecule has 0 bridgehead atoms. The van der Waals surface area contributed by atoms with E-state index in [9.17, 15) is 9.59 Å². The van der Waals surface area contributed by atoms with Crippen molar-refractivity contribution in [1.29, 1.82) is 0 Å². The number of carbonyl (C=O) groups excluding carboxylic acids is 2. The van der Waals surface area contributed by atoms with Gasteiger partial charge in [-0.05, 0) is 34.5 Å². The molecule has 0 radical (unpaired) electrons. The van der Waals surface area contributed by atoms with Crippen LogP contribution in [-0.4, -0.2) is 19.0 Å². The summed E-state index contributed by atoms with van der Waals surface area (Å²) in [4.78, 5) is 24.0. The van der Waals surface area contributed by atoms with Crippen LogP contribution in [0.25, 0.3) is 10.8 Å². The molecule has 1 atom stereocenters. The number of methoxy groups -OCH3 is 1. The predicted molar refractivity (Wildman–Crippen MR) is 109 cm³/mol. The van der Waals surface area contributed by atoms with Gasteiger partial charge in [-0.25, -0.2) is 0 Å². The molecular weight excluding hydrogens is 354 g/mol. The molecule has 0 fully saturated rings. The average Bonchev–Trinajstić information content (AvgIpc) is 2.71. The highest BCUT2D eigenvalue weighted by atomic mass is 16.5. The molecule has 5 nitrogen and oxygen atoms in total. The molecule has 0 aliphatic rings. The quantitative estimate of drug-likeness (QED) is 0.511. The molecule has 3 rings (SSSR count). The fraction of sp³-hybridized carbons (Fsp3) is 0.217. The second kappa shape index (κ2) is 8.57. The minimum Gasteiger partial charge on any atom is -0.497 e. The van der Waals surface area contributed by atoms with Gasteiger partial charge >= 0.3 is 5.97 Å². The maximum atomic E-state index is 12.3. The van der Waals surface area contributed by atoms with Crippen molar-refractivity contribution in [2.75, 3.05) is 7.11 Å². The van der Waals surface area contributed by atoms with Gasteiger partial charge in [0.15, 0.2) is 0 Å². The lowest BCUT2D eigenvalue weighted by molar-refractivity contribution is -0.131. The molecule has 1 unspecified atom stereocenters. The second-order valence-electron chi connectivity index (χ2n) is 6.42. The van der Waals surface area contributed by atoms with E-state index in [4.69, 9.17) is 9.47 Å². The van der Waals surface area contributed by atoms with Crippen molar-refractivity contribution in [2.24, 2.45) is 0 Å². The summed E-state index contributed by atoms with van der Waals surface area (Å²) >= 11 is 0. The fourth-order valence-corrected chi connectivity index (χ4v) is 3.20. The van der Waals surface area contributed by atoms with Crippen LogP contribution in [0.4, 0.5) is 0 Å². The molecule has 144 valence electrons. The molecule has 0 saturated carbocycles. The third-order valence-corrected chi connectivity index (χ3v) is 4.55. The van der Waals surface area contributed by atoms with E-state index in [0.717, 1.165) is 27.6 Å². The standard InChI is InChI=1S/C23H23NO4/c1-4-21(26)24-23(17-9-12-18(27-3)13-10-17)22-19-8-6-5-7-16(19)11-14-20(22)28-15(2)25/h5-14,23H,4H2,1-3H3,(H,24,26). The van der Waals surface area contributed by atoms with Gasteiger partial charge in [-0.2, -0.15) is 0 Å². The van der Waals surface area contributed by atoms with Crippen LogP contribution < -0.4 is 14.8 Å². The number of carbonyl (C=O) groups is 2. The van der Waals surface area contributed by atoms with Gasteiger partial charge in [0.25, 0.3) is 0 Å². The third kappa shape index (κ3) is 4.14. The number of ether oxygens (including phenoxy) is 2. The smallest absolute Gasteiger partial charge is 0.308 e. The van der Waals surface area contributed by atoms with Crippen LogP contribution in [-0.2, 0) is 9.59 Å². The van der Waals surface area contributed by atoms with E-state index in [-0.39, 0.29) is 5.91 Å². The zero-order chi connectivity index (χ0) is 20.1. The third-order valence-electron chi connectivity index (χ3n) is 4.55. The Labute approximate surface area is 164 Å². The van der Waals surface area contributed by atoms with Gasteiger partial charge in [0.05, 0.1) is 13.2 Å². The number of fused-ring (bicyclic) bond motifs is 1. The first-order valence-corrected chi connectivity index (χ1v) is 9.16. The number of esters is 1. The van der Waals surface area contributed by atoms with E-state index in [1.807, 2.05) is 54.6 Å². The summed E-state index contributed by atoms with van der Waals surface area (Å²) in [6.07, 6.45) is 0.348. The Balaban J connectivity index is 2.23. The lowest BCUT2D eigenvalue weighted by Gasteiger charge is -2.24. The Morgan fingerprint density at radius 1 is 1.00 bits per heavy atom. The number of benzene rings is 3. The van der Waals surface area contributed by atoms with Crippen LogP contribution >= 0.6 is 0 Å². The number of nitrogens with one attached hydrogen (secondary N) is 1. The molecule has 0 spiro atoms. The Morgan fingerprint density at radius 2 is 1.71 bits per heavy atom. The second-order valence-corrected chi connectivity index (χ2v) is 6.42. The zero-order valence-electron chi connectivity index (χ0n) is 16.2. The Hall–Kier alpha value is -3.34. The summed E-state index contributed by atoms with van der Waals surface area (Å²) in [5.41, 5.74) is 1.62. The van der Waals surface area contributed by atoms with E-state index in [0.29, 0.717) is 12.2 Å². The molecular formula is C23H23NO4. The van der Waals surface area contributed by atoms with E-state index >= 15 is 0 Å². The van der Waals surface area contributed by atoms with Gasteiger partial charge < -0.3 is 14.8 Å². The number of hydrogen-bond donors (Lipinski definition) is 1. The normalized spacial score (nSPS) is 11.7. The summed E-state index contributed by atoms with van der Waals surface area (Å²) in [6, 6.07) is 18.5. The first-order valence-electron chi connectivity index (χ1n) is 9.16. The SMILES string of the molecule is CCC(=O)NC(c1ccc(OC)cc1)c1c(OC(C)=O)ccc2ccccc12. The molecule has 28 heavy (non-hydrogen) atoms. The van der Waals surface area contributed by atoms with Crippen molar-refractivity contribution in [3.05, 3.63) is 71.8 Å². The largest absolute Gasteiger partial charge is 0.497 e. The van der Waals surface area contributed by atoms with Crippen molar-refractivity contribution in [1.82, 2.24) is 5.32 Å². The van der Waals surface area contributed by atoms with Gasteiger partial charge in [0, 0.05) is 18.9 Å². The molecule has 3 aromatic carbocycles. The van der Waals surface area contributed by atoms with Crippen molar-refractivity contribution < 1.29 is 19.1 Å². The Bertz CT molecular complexity index is 995. The molecule has 0 aromatic heterocycles. The zero-order valence-corrected chi connectivity index (χ0v) is 16.2. The van der Waals surface area contributed by atoms with E-state index < -0.39 is 12.0 Å². The number of rotatable bonds is 6. The summed E-state index contributed by atoms with van der Waals surface area (Å²) < 4.78 is 10.7. The molecule has 0 aliphatic carbocycles. The average molecular weight is 377 g/mol. The summed E-state index contributed by atoms with van der Waals surface area (Å²) in [5.74, 6) is 0.653. The van der Waals surface area contributed by atoms with Crippen LogP contribution in [0, 0.1) is 0 Å². The summed E-state index contributed by atoms with van der Waals surface area (Å²) in [5, 5.41) is 4.98. The lowest BCUT2D eigenvalue weighted by atomic mass is 9.92. The number of amides is 1. The van der Waals surface area contributed by atoms with Gasteiger partial charge in [0.2, 0.25) is 5.91 Å². The first kappa shape index (κ1) is 19.4. The first-order chi connectivity index (χ1) is 13.5. The van der Waals surface area contributed by atoms with Gasteiger partial charge in [-0.1, -0.05) is 49.4 Å². The van der Waals surface area contributed by atoms with Crippen molar-refractivity contribution in [3.63, 3.8) is 0 Å². The maximum absolute atomic E-state index is 12.3. The van der Waals surface area contributed by atoms with Gasteiger partial charge in [-0.3, -0.25) is 9.59 Å². The molecule has 3 aromatic rings. The maximum Gasteiger partial charge on any atom is 0.308 e. The fourth-order valence-electron chi connectivity index (χ4n) is 3.20. The highest BCUT2D eigenvalue weighted by Crippen LogP contribution is 2.37. The molecule has 0 heterocycles. The van der Waals surface area contributed by atoms with Gasteiger partial charge in [0.1, 0.15) is 11.5 Å². The number of hydrogen-bond acceptors (Lipinski definition) is 4. The van der Waals surface area contributed by atoms with E-state index in [1.165, 1.54) is 6.92 Å².